The molecule has 0 aromatic carbocycles. The molecule has 0 aliphatic heterocycles. The number of unbranched alkanes of at least 4 members (excludes halogenated alkanes) is 2. The second-order valence-corrected chi connectivity index (χ2v) is 2.50. The molecule has 73 valence electrons. The van der Waals surface area contributed by atoms with Crippen LogP contribution in [0, 0.1) is 6.42 Å². The molecule has 1 radical (unpaired) electrons. The van der Waals surface area contributed by atoms with E-state index in [4.69, 9.17) is 14.6 Å². The Morgan fingerprint density at radius 2 is 1.75 bits per heavy atom. The van der Waals surface area contributed by atoms with Crippen LogP contribution in [0.4, 0.5) is 0 Å². The molecule has 0 amide bonds. The van der Waals surface area contributed by atoms with Gasteiger partial charge >= 0.3 is 0 Å². The summed E-state index contributed by atoms with van der Waals surface area (Å²) in [6.07, 6.45) is 4.32. The van der Waals surface area contributed by atoms with Crippen LogP contribution in [0.15, 0.2) is 0 Å². The summed E-state index contributed by atoms with van der Waals surface area (Å²) in [4.78, 5) is 0. The van der Waals surface area contributed by atoms with E-state index in [1.165, 1.54) is 0 Å². The van der Waals surface area contributed by atoms with Crippen LogP contribution < -0.4 is 0 Å². The minimum atomic E-state index is 0.0881. The first-order valence-electron chi connectivity index (χ1n) is 4.46. The first-order chi connectivity index (χ1) is 5.91. The van der Waals surface area contributed by atoms with Crippen molar-refractivity contribution in [3.63, 3.8) is 0 Å². The third-order valence-corrected chi connectivity index (χ3v) is 1.39. The van der Waals surface area contributed by atoms with Crippen LogP contribution in [-0.2, 0) is 9.47 Å². The Kier molecular flexibility index (Phi) is 10.8. The Morgan fingerprint density at radius 1 is 1.08 bits per heavy atom. The van der Waals surface area contributed by atoms with Crippen molar-refractivity contribution in [2.45, 2.75) is 19.8 Å². The SMILES string of the molecule is C[CH]CCCOCCOCCO. The van der Waals surface area contributed by atoms with Crippen LogP contribution in [0.2, 0.25) is 0 Å². The third-order valence-electron chi connectivity index (χ3n) is 1.39. The molecular formula is C9H19O3. The highest BCUT2D eigenvalue weighted by Crippen LogP contribution is 1.92. The maximum Gasteiger partial charge on any atom is 0.0701 e. The molecule has 1 N–H and O–H groups in total. The summed E-state index contributed by atoms with van der Waals surface area (Å²) < 4.78 is 10.3. The van der Waals surface area contributed by atoms with Crippen molar-refractivity contribution in [1.82, 2.24) is 0 Å². The van der Waals surface area contributed by atoms with Crippen molar-refractivity contribution >= 4 is 0 Å². The normalized spacial score (nSPS) is 10.5. The Hall–Kier alpha value is -0.120. The van der Waals surface area contributed by atoms with E-state index >= 15 is 0 Å². The zero-order valence-electron chi connectivity index (χ0n) is 7.79. The first-order valence-corrected chi connectivity index (χ1v) is 4.46. The summed E-state index contributed by atoms with van der Waals surface area (Å²) in [5.74, 6) is 0. The van der Waals surface area contributed by atoms with Gasteiger partial charge in [-0.2, -0.15) is 0 Å². The highest BCUT2D eigenvalue weighted by molar-refractivity contribution is 4.53. The van der Waals surface area contributed by atoms with E-state index in [0.717, 1.165) is 19.4 Å². The van der Waals surface area contributed by atoms with E-state index in [1.807, 2.05) is 6.92 Å². The van der Waals surface area contributed by atoms with Crippen molar-refractivity contribution in [2.24, 2.45) is 0 Å². The molecule has 0 fully saturated rings. The summed E-state index contributed by atoms with van der Waals surface area (Å²) in [6.45, 7) is 4.55. The average Bonchev–Trinajstić information content (AvgIpc) is 2.10. The zero-order chi connectivity index (χ0) is 9.07. The van der Waals surface area contributed by atoms with Gasteiger partial charge in [-0.15, -0.1) is 0 Å². The lowest BCUT2D eigenvalue weighted by atomic mass is 10.3. The number of aliphatic hydroxyl groups is 1. The van der Waals surface area contributed by atoms with Crippen LogP contribution in [0.3, 0.4) is 0 Å². The zero-order valence-corrected chi connectivity index (χ0v) is 7.79. The van der Waals surface area contributed by atoms with E-state index in [0.29, 0.717) is 19.8 Å². The van der Waals surface area contributed by atoms with Crippen molar-refractivity contribution in [1.29, 1.82) is 0 Å². The Labute approximate surface area is 74.7 Å². The number of hydrogen-bond acceptors (Lipinski definition) is 3. The van der Waals surface area contributed by atoms with Crippen molar-refractivity contribution in [2.75, 3.05) is 33.0 Å². The van der Waals surface area contributed by atoms with Crippen LogP contribution in [0.1, 0.15) is 19.8 Å². The van der Waals surface area contributed by atoms with Crippen LogP contribution in [0.5, 0.6) is 0 Å². The van der Waals surface area contributed by atoms with Gasteiger partial charge in [-0.25, -0.2) is 0 Å². The topological polar surface area (TPSA) is 38.7 Å². The van der Waals surface area contributed by atoms with E-state index in [9.17, 15) is 0 Å². The lowest BCUT2D eigenvalue weighted by molar-refractivity contribution is 0.0325. The van der Waals surface area contributed by atoms with Gasteiger partial charge in [-0.3, -0.25) is 0 Å². The molecule has 0 aromatic heterocycles. The van der Waals surface area contributed by atoms with Crippen molar-refractivity contribution in [3.8, 4) is 0 Å². The standard InChI is InChI=1S/C9H19O3/c1-2-3-4-6-11-8-9-12-7-5-10/h2,10H,3-9H2,1H3. The Morgan fingerprint density at radius 3 is 2.33 bits per heavy atom. The monoisotopic (exact) mass is 175 g/mol. The molecule has 0 unspecified atom stereocenters. The third kappa shape index (κ3) is 9.88. The largest absolute Gasteiger partial charge is 0.394 e. The quantitative estimate of drug-likeness (QED) is 0.532. The number of aliphatic hydroxyl groups excluding tert-OH is 1. The smallest absolute Gasteiger partial charge is 0.0701 e. The fraction of sp³-hybridized carbons (Fsp3) is 0.889. The summed E-state index contributed by atoms with van der Waals surface area (Å²) >= 11 is 0. The number of ether oxygens (including phenoxy) is 2. The molecule has 0 spiro atoms. The van der Waals surface area contributed by atoms with Gasteiger partial charge in [0, 0.05) is 6.61 Å². The van der Waals surface area contributed by atoms with Gasteiger partial charge in [0.25, 0.3) is 0 Å². The summed E-state index contributed by atoms with van der Waals surface area (Å²) in [7, 11) is 0. The molecular weight excluding hydrogens is 156 g/mol. The van der Waals surface area contributed by atoms with E-state index < -0.39 is 0 Å². The minimum absolute atomic E-state index is 0.0881. The molecule has 0 bridgehead atoms. The molecule has 0 aliphatic carbocycles. The molecule has 0 heterocycles. The predicted molar refractivity (Wildman–Crippen MR) is 47.9 cm³/mol. The number of rotatable bonds is 9. The lowest BCUT2D eigenvalue weighted by Crippen LogP contribution is -2.07. The molecule has 3 nitrogen and oxygen atoms in total. The molecule has 0 aromatic rings. The van der Waals surface area contributed by atoms with Gasteiger partial charge in [-0.05, 0) is 19.3 Å². The molecule has 0 saturated carbocycles. The van der Waals surface area contributed by atoms with Crippen molar-refractivity contribution < 1.29 is 14.6 Å². The van der Waals surface area contributed by atoms with Gasteiger partial charge in [0.15, 0.2) is 0 Å². The molecule has 0 aliphatic rings. The minimum Gasteiger partial charge on any atom is -0.394 e. The molecule has 3 heteroatoms. The first kappa shape index (κ1) is 11.9. The predicted octanol–water partition coefficient (Wildman–Crippen LogP) is 1.02. The second-order valence-electron chi connectivity index (χ2n) is 2.50. The lowest BCUT2D eigenvalue weighted by Gasteiger charge is -2.03. The van der Waals surface area contributed by atoms with Gasteiger partial charge < -0.3 is 14.6 Å². The van der Waals surface area contributed by atoms with Gasteiger partial charge in [0.05, 0.1) is 26.4 Å². The highest BCUT2D eigenvalue weighted by atomic mass is 16.5. The summed E-state index contributed by atoms with van der Waals surface area (Å²) in [6, 6.07) is 0. The molecule has 0 saturated heterocycles. The Bertz CT molecular complexity index is 66.2. The van der Waals surface area contributed by atoms with Gasteiger partial charge in [-0.1, -0.05) is 6.92 Å². The summed E-state index contributed by atoms with van der Waals surface area (Å²) in [5, 5.41) is 8.37. The maximum atomic E-state index is 8.37. The van der Waals surface area contributed by atoms with E-state index in [1.54, 1.807) is 0 Å². The molecule has 0 rings (SSSR count). The average molecular weight is 175 g/mol. The molecule has 0 atom stereocenters. The van der Waals surface area contributed by atoms with Gasteiger partial charge in [0.1, 0.15) is 0 Å². The van der Waals surface area contributed by atoms with E-state index in [2.05, 4.69) is 6.42 Å². The van der Waals surface area contributed by atoms with Crippen LogP contribution in [-0.4, -0.2) is 38.1 Å². The fourth-order valence-corrected chi connectivity index (χ4v) is 0.776. The van der Waals surface area contributed by atoms with Crippen LogP contribution in [0.25, 0.3) is 0 Å². The van der Waals surface area contributed by atoms with Crippen LogP contribution >= 0.6 is 0 Å². The van der Waals surface area contributed by atoms with Crippen molar-refractivity contribution in [3.05, 3.63) is 6.42 Å². The second kappa shape index (κ2) is 10.9. The number of hydrogen-bond donors (Lipinski definition) is 1. The fourth-order valence-electron chi connectivity index (χ4n) is 0.776. The summed E-state index contributed by atoms with van der Waals surface area (Å²) in [5.41, 5.74) is 0. The molecule has 12 heavy (non-hydrogen) atoms. The highest BCUT2D eigenvalue weighted by Gasteiger charge is 1.89. The maximum absolute atomic E-state index is 8.37. The Balaban J connectivity index is 2.73. The van der Waals surface area contributed by atoms with Gasteiger partial charge in [0.2, 0.25) is 0 Å². The van der Waals surface area contributed by atoms with E-state index in [-0.39, 0.29) is 6.61 Å².